The van der Waals surface area contributed by atoms with Gasteiger partial charge in [0.25, 0.3) is 5.91 Å². The van der Waals surface area contributed by atoms with Crippen molar-refractivity contribution >= 4 is 11.8 Å². The molecule has 106 valence electrons. The predicted octanol–water partition coefficient (Wildman–Crippen LogP) is 0.127. The van der Waals surface area contributed by atoms with Gasteiger partial charge in [-0.1, -0.05) is 12.1 Å². The number of fused-ring (bicyclic) bond motifs is 1. The SMILES string of the molecule is CN1CCN(C(=O)[C@H]2COc3ccccc3O2)CC1=O. The molecule has 0 bridgehead atoms. The van der Waals surface area contributed by atoms with Crippen molar-refractivity contribution in [2.75, 3.05) is 33.3 Å². The van der Waals surface area contributed by atoms with Crippen LogP contribution in [0.3, 0.4) is 0 Å². The molecule has 1 saturated heterocycles. The van der Waals surface area contributed by atoms with Gasteiger partial charge in [0.1, 0.15) is 6.61 Å². The largest absolute Gasteiger partial charge is 0.485 e. The first-order valence-electron chi connectivity index (χ1n) is 6.56. The number of amides is 2. The van der Waals surface area contributed by atoms with E-state index in [9.17, 15) is 9.59 Å². The molecule has 2 aliphatic heterocycles. The Morgan fingerprint density at radius 2 is 2.00 bits per heavy atom. The first-order chi connectivity index (χ1) is 9.65. The Morgan fingerprint density at radius 1 is 1.25 bits per heavy atom. The van der Waals surface area contributed by atoms with Crippen LogP contribution in [-0.2, 0) is 9.59 Å². The number of ether oxygens (including phenoxy) is 2. The third-order valence-corrected chi connectivity index (χ3v) is 3.55. The van der Waals surface area contributed by atoms with Crippen molar-refractivity contribution in [3.63, 3.8) is 0 Å². The maximum atomic E-state index is 12.4. The average Bonchev–Trinajstić information content (AvgIpc) is 2.49. The summed E-state index contributed by atoms with van der Waals surface area (Å²) in [6, 6.07) is 7.25. The van der Waals surface area contributed by atoms with Crippen molar-refractivity contribution in [2.45, 2.75) is 6.10 Å². The molecule has 0 N–H and O–H groups in total. The van der Waals surface area contributed by atoms with E-state index in [1.807, 2.05) is 12.1 Å². The maximum Gasteiger partial charge on any atom is 0.267 e. The quantitative estimate of drug-likeness (QED) is 0.731. The van der Waals surface area contributed by atoms with Gasteiger partial charge in [0.2, 0.25) is 12.0 Å². The fraction of sp³-hybridized carbons (Fsp3) is 0.429. The standard InChI is InChI=1S/C14H16N2O4/c1-15-6-7-16(8-13(15)17)14(18)12-9-19-10-4-2-3-5-11(10)20-12/h2-5,12H,6-9H2,1H3/t12-/m1/s1. The van der Waals surface area contributed by atoms with Crippen LogP contribution in [0.1, 0.15) is 0 Å². The molecule has 1 aromatic rings. The molecule has 3 rings (SSSR count). The van der Waals surface area contributed by atoms with E-state index in [4.69, 9.17) is 9.47 Å². The number of carbonyl (C=O) groups is 2. The van der Waals surface area contributed by atoms with Gasteiger partial charge in [0.05, 0.1) is 6.54 Å². The number of hydrogen-bond acceptors (Lipinski definition) is 4. The van der Waals surface area contributed by atoms with Crippen LogP contribution in [0.4, 0.5) is 0 Å². The summed E-state index contributed by atoms with van der Waals surface area (Å²) in [5.74, 6) is 0.964. The van der Waals surface area contributed by atoms with Gasteiger partial charge in [-0.15, -0.1) is 0 Å². The number of nitrogens with zero attached hydrogens (tertiary/aromatic N) is 2. The summed E-state index contributed by atoms with van der Waals surface area (Å²) < 4.78 is 11.2. The zero-order valence-electron chi connectivity index (χ0n) is 11.2. The monoisotopic (exact) mass is 276 g/mol. The summed E-state index contributed by atoms with van der Waals surface area (Å²) in [5.41, 5.74) is 0. The highest BCUT2D eigenvalue weighted by molar-refractivity contribution is 5.88. The molecule has 2 heterocycles. The second kappa shape index (κ2) is 5.03. The molecule has 1 atom stereocenters. The van der Waals surface area contributed by atoms with Gasteiger partial charge in [0.15, 0.2) is 11.5 Å². The summed E-state index contributed by atoms with van der Waals surface area (Å²) in [6.07, 6.45) is -0.680. The van der Waals surface area contributed by atoms with Crippen molar-refractivity contribution in [1.82, 2.24) is 9.80 Å². The molecule has 0 radical (unpaired) electrons. The van der Waals surface area contributed by atoms with Gasteiger partial charge >= 0.3 is 0 Å². The maximum absolute atomic E-state index is 12.4. The molecular weight excluding hydrogens is 260 g/mol. The molecule has 20 heavy (non-hydrogen) atoms. The van der Waals surface area contributed by atoms with Crippen LogP contribution in [0.15, 0.2) is 24.3 Å². The molecule has 1 fully saturated rings. The number of likely N-dealkylation sites (N-methyl/N-ethyl adjacent to an activating group) is 1. The van der Waals surface area contributed by atoms with Gasteiger partial charge in [-0.25, -0.2) is 0 Å². The highest BCUT2D eigenvalue weighted by Crippen LogP contribution is 2.31. The minimum Gasteiger partial charge on any atom is -0.485 e. The summed E-state index contributed by atoms with van der Waals surface area (Å²) in [6.45, 7) is 1.37. The number of para-hydroxylation sites is 2. The first-order valence-corrected chi connectivity index (χ1v) is 6.56. The third kappa shape index (κ3) is 2.29. The smallest absolute Gasteiger partial charge is 0.267 e. The zero-order valence-corrected chi connectivity index (χ0v) is 11.2. The fourth-order valence-corrected chi connectivity index (χ4v) is 2.29. The van der Waals surface area contributed by atoms with E-state index in [1.165, 1.54) is 4.90 Å². The molecule has 0 saturated carbocycles. The summed E-state index contributed by atoms with van der Waals surface area (Å²) in [4.78, 5) is 27.2. The molecule has 0 spiro atoms. The van der Waals surface area contributed by atoms with Crippen LogP contribution in [0, 0.1) is 0 Å². The molecule has 2 amide bonds. The minimum absolute atomic E-state index is 0.0540. The van der Waals surface area contributed by atoms with E-state index in [0.29, 0.717) is 24.6 Å². The number of benzene rings is 1. The lowest BCUT2D eigenvalue weighted by atomic mass is 10.2. The number of piperazine rings is 1. The summed E-state index contributed by atoms with van der Waals surface area (Å²) in [5, 5.41) is 0. The van der Waals surface area contributed by atoms with Gasteiger partial charge in [-0.2, -0.15) is 0 Å². The van der Waals surface area contributed by atoms with Gasteiger partial charge in [-0.3, -0.25) is 9.59 Å². The lowest BCUT2D eigenvalue weighted by Crippen LogP contribution is -2.55. The van der Waals surface area contributed by atoms with Crippen LogP contribution < -0.4 is 9.47 Å². The summed E-state index contributed by atoms with van der Waals surface area (Å²) >= 11 is 0. The Labute approximate surface area is 116 Å². The predicted molar refractivity (Wildman–Crippen MR) is 70.6 cm³/mol. The van der Waals surface area contributed by atoms with Crippen molar-refractivity contribution in [3.05, 3.63) is 24.3 Å². The Morgan fingerprint density at radius 3 is 2.75 bits per heavy atom. The van der Waals surface area contributed by atoms with E-state index in [2.05, 4.69) is 0 Å². The van der Waals surface area contributed by atoms with Gasteiger partial charge in [-0.05, 0) is 12.1 Å². The van der Waals surface area contributed by atoms with E-state index in [-0.39, 0.29) is 25.0 Å². The van der Waals surface area contributed by atoms with Crippen LogP contribution in [0.5, 0.6) is 11.5 Å². The highest BCUT2D eigenvalue weighted by Gasteiger charge is 2.34. The lowest BCUT2D eigenvalue weighted by Gasteiger charge is -2.35. The molecular formula is C14H16N2O4. The van der Waals surface area contributed by atoms with Crippen molar-refractivity contribution in [3.8, 4) is 11.5 Å². The zero-order chi connectivity index (χ0) is 14.1. The minimum atomic E-state index is -0.680. The molecule has 0 aromatic heterocycles. The second-order valence-corrected chi connectivity index (χ2v) is 4.94. The van der Waals surface area contributed by atoms with Crippen molar-refractivity contribution in [2.24, 2.45) is 0 Å². The normalized spacial score (nSPS) is 21.9. The lowest BCUT2D eigenvalue weighted by molar-refractivity contribution is -0.150. The molecule has 2 aliphatic rings. The van der Waals surface area contributed by atoms with E-state index in [0.717, 1.165) is 0 Å². The van der Waals surface area contributed by atoms with Gasteiger partial charge in [0, 0.05) is 20.1 Å². The second-order valence-electron chi connectivity index (χ2n) is 4.94. The van der Waals surface area contributed by atoms with E-state index < -0.39 is 6.10 Å². The van der Waals surface area contributed by atoms with E-state index in [1.54, 1.807) is 24.1 Å². The van der Waals surface area contributed by atoms with Crippen molar-refractivity contribution in [1.29, 1.82) is 0 Å². The van der Waals surface area contributed by atoms with Crippen LogP contribution in [0.2, 0.25) is 0 Å². The molecule has 6 nitrogen and oxygen atoms in total. The average molecular weight is 276 g/mol. The Balaban J connectivity index is 1.69. The van der Waals surface area contributed by atoms with Gasteiger partial charge < -0.3 is 19.3 Å². The van der Waals surface area contributed by atoms with Crippen LogP contribution >= 0.6 is 0 Å². The number of hydrogen-bond donors (Lipinski definition) is 0. The topological polar surface area (TPSA) is 59.1 Å². The summed E-state index contributed by atoms with van der Waals surface area (Å²) in [7, 11) is 1.74. The van der Waals surface area contributed by atoms with E-state index >= 15 is 0 Å². The molecule has 6 heteroatoms. The fourth-order valence-electron chi connectivity index (χ4n) is 2.29. The van der Waals surface area contributed by atoms with Crippen LogP contribution in [0.25, 0.3) is 0 Å². The van der Waals surface area contributed by atoms with Crippen molar-refractivity contribution < 1.29 is 19.1 Å². The highest BCUT2D eigenvalue weighted by atomic mass is 16.6. The van der Waals surface area contributed by atoms with Crippen LogP contribution in [-0.4, -0.2) is 61.0 Å². The number of carbonyl (C=O) groups excluding carboxylic acids is 2. The molecule has 0 aliphatic carbocycles. The Bertz CT molecular complexity index is 546. The molecule has 1 aromatic carbocycles. The third-order valence-electron chi connectivity index (χ3n) is 3.55. The molecule has 0 unspecified atom stereocenters. The number of rotatable bonds is 1. The first kappa shape index (κ1) is 12.8. The Hall–Kier alpha value is -2.24. The Kier molecular flexibility index (Phi) is 3.22.